The Labute approximate surface area is 131 Å². The van der Waals surface area contributed by atoms with E-state index in [4.69, 9.17) is 16.3 Å². The number of aliphatic imine (C=N–C) groups is 1. The van der Waals surface area contributed by atoms with Gasteiger partial charge < -0.3 is 15.4 Å². The molecule has 1 aliphatic heterocycles. The molecule has 0 bridgehead atoms. The maximum Gasteiger partial charge on any atom is 0.191 e. The first-order valence-corrected chi connectivity index (χ1v) is 7.60. The molecule has 114 valence electrons. The molecule has 4 nitrogen and oxygen atoms in total. The van der Waals surface area contributed by atoms with Gasteiger partial charge in [0.1, 0.15) is 0 Å². The minimum atomic E-state index is 0.730. The summed E-state index contributed by atoms with van der Waals surface area (Å²) in [5.74, 6) is 0.817. The topological polar surface area (TPSA) is 45.7 Å². The van der Waals surface area contributed by atoms with Crippen LogP contribution in [0.2, 0.25) is 5.02 Å². The highest BCUT2D eigenvalue weighted by Crippen LogP contribution is 2.11. The van der Waals surface area contributed by atoms with E-state index in [1.807, 2.05) is 24.3 Å². The van der Waals surface area contributed by atoms with E-state index in [9.17, 15) is 0 Å². The minimum absolute atomic E-state index is 0.730. The molecule has 1 aliphatic rings. The molecule has 0 amide bonds. The maximum absolute atomic E-state index is 5.87. The monoisotopic (exact) mass is 307 g/mol. The minimum Gasteiger partial charge on any atom is -0.377 e. The molecule has 2 N–H and O–H groups in total. The summed E-state index contributed by atoms with van der Waals surface area (Å²) in [7, 11) is 1.78. The van der Waals surface area contributed by atoms with E-state index in [1.54, 1.807) is 7.05 Å². The van der Waals surface area contributed by atoms with Gasteiger partial charge in [-0.15, -0.1) is 0 Å². The maximum atomic E-state index is 5.87. The van der Waals surface area contributed by atoms with Crippen molar-refractivity contribution in [3.05, 3.63) is 46.5 Å². The molecule has 0 atom stereocenters. The Bertz CT molecular complexity index is 497. The predicted molar refractivity (Wildman–Crippen MR) is 87.8 cm³/mol. The Morgan fingerprint density at radius 1 is 1.29 bits per heavy atom. The summed E-state index contributed by atoms with van der Waals surface area (Å²) < 4.78 is 5.30. The third-order valence-electron chi connectivity index (χ3n) is 3.39. The number of nitrogens with one attached hydrogen (secondary N) is 2. The van der Waals surface area contributed by atoms with Gasteiger partial charge in [0.15, 0.2) is 5.96 Å². The second-order valence-electron chi connectivity index (χ2n) is 4.92. The Morgan fingerprint density at radius 2 is 2.10 bits per heavy atom. The lowest BCUT2D eigenvalue weighted by Gasteiger charge is -2.15. The summed E-state index contributed by atoms with van der Waals surface area (Å²) in [6, 6.07) is 7.81. The van der Waals surface area contributed by atoms with E-state index in [1.165, 1.54) is 11.1 Å². The molecule has 5 heteroatoms. The molecule has 1 aromatic carbocycles. The van der Waals surface area contributed by atoms with Gasteiger partial charge >= 0.3 is 0 Å². The molecule has 0 aliphatic carbocycles. The quantitative estimate of drug-likeness (QED) is 0.499. The lowest BCUT2D eigenvalue weighted by atomic mass is 10.1. The van der Waals surface area contributed by atoms with Crippen LogP contribution in [-0.2, 0) is 11.3 Å². The van der Waals surface area contributed by atoms with Gasteiger partial charge in [-0.2, -0.15) is 0 Å². The highest BCUT2D eigenvalue weighted by Gasteiger charge is 2.04. The third-order valence-corrected chi connectivity index (χ3v) is 3.64. The zero-order valence-corrected chi connectivity index (χ0v) is 13.1. The van der Waals surface area contributed by atoms with Gasteiger partial charge in [0.2, 0.25) is 0 Å². The van der Waals surface area contributed by atoms with Gasteiger partial charge in [-0.1, -0.05) is 35.4 Å². The molecule has 0 saturated heterocycles. The summed E-state index contributed by atoms with van der Waals surface area (Å²) in [6.45, 7) is 3.20. The van der Waals surface area contributed by atoms with Crippen LogP contribution in [0.4, 0.5) is 0 Å². The Balaban J connectivity index is 1.70. The fourth-order valence-electron chi connectivity index (χ4n) is 2.14. The van der Waals surface area contributed by atoms with E-state index in [0.717, 1.165) is 50.1 Å². The van der Waals surface area contributed by atoms with Crippen molar-refractivity contribution in [2.75, 3.05) is 26.8 Å². The van der Waals surface area contributed by atoms with Crippen molar-refractivity contribution < 1.29 is 4.74 Å². The fourth-order valence-corrected chi connectivity index (χ4v) is 2.27. The highest BCUT2D eigenvalue weighted by atomic mass is 35.5. The molecule has 1 heterocycles. The normalized spacial score (nSPS) is 15.5. The van der Waals surface area contributed by atoms with Crippen molar-refractivity contribution in [1.29, 1.82) is 0 Å². The van der Waals surface area contributed by atoms with Crippen molar-refractivity contribution in [2.45, 2.75) is 19.4 Å². The van der Waals surface area contributed by atoms with Crippen molar-refractivity contribution in [3.63, 3.8) is 0 Å². The zero-order chi connectivity index (χ0) is 14.9. The number of benzene rings is 1. The van der Waals surface area contributed by atoms with E-state index in [2.05, 4.69) is 21.7 Å². The summed E-state index contributed by atoms with van der Waals surface area (Å²) >= 11 is 5.87. The third kappa shape index (κ3) is 5.78. The van der Waals surface area contributed by atoms with Crippen LogP contribution in [0, 0.1) is 0 Å². The number of hydrogen-bond donors (Lipinski definition) is 2. The van der Waals surface area contributed by atoms with Crippen LogP contribution in [0.5, 0.6) is 0 Å². The van der Waals surface area contributed by atoms with Crippen LogP contribution in [0.25, 0.3) is 0 Å². The Kier molecular flexibility index (Phi) is 6.57. The average Bonchev–Trinajstić information content (AvgIpc) is 2.53. The Hall–Kier alpha value is -1.52. The first-order chi connectivity index (χ1) is 10.3. The Morgan fingerprint density at radius 3 is 2.76 bits per heavy atom. The molecular weight excluding hydrogens is 286 g/mol. The lowest BCUT2D eigenvalue weighted by molar-refractivity contribution is 0.153. The number of halogens is 1. The van der Waals surface area contributed by atoms with Gasteiger partial charge in [-0.25, -0.2) is 0 Å². The largest absolute Gasteiger partial charge is 0.377 e. The first-order valence-electron chi connectivity index (χ1n) is 7.22. The number of guanidine groups is 1. The van der Waals surface area contributed by atoms with Crippen LogP contribution < -0.4 is 10.6 Å². The second-order valence-corrected chi connectivity index (χ2v) is 5.35. The predicted octanol–water partition coefficient (Wildman–Crippen LogP) is 2.74. The zero-order valence-electron chi connectivity index (χ0n) is 12.4. The smallest absolute Gasteiger partial charge is 0.191 e. The van der Waals surface area contributed by atoms with Crippen molar-refractivity contribution in [1.82, 2.24) is 10.6 Å². The summed E-state index contributed by atoms with van der Waals surface area (Å²) in [6.07, 6.45) is 4.25. The number of nitrogens with zero attached hydrogens (tertiary/aromatic N) is 1. The van der Waals surface area contributed by atoms with Crippen LogP contribution in [-0.4, -0.2) is 32.8 Å². The van der Waals surface area contributed by atoms with E-state index < -0.39 is 0 Å². The molecular formula is C16H22ClN3O. The summed E-state index contributed by atoms with van der Waals surface area (Å²) in [5, 5.41) is 7.38. The standard InChI is InChI=1S/C16H22ClN3O/c1-18-16(19-9-6-13-7-10-21-11-8-13)20-12-14-2-4-15(17)5-3-14/h2-5,7H,6,8-12H2,1H3,(H2,18,19,20). The van der Waals surface area contributed by atoms with Crippen LogP contribution in [0.1, 0.15) is 18.4 Å². The summed E-state index contributed by atoms with van der Waals surface area (Å²) in [4.78, 5) is 4.23. The van der Waals surface area contributed by atoms with Crippen molar-refractivity contribution in [2.24, 2.45) is 4.99 Å². The molecule has 0 fully saturated rings. The second kappa shape index (κ2) is 8.70. The molecule has 0 unspecified atom stereocenters. The van der Waals surface area contributed by atoms with E-state index >= 15 is 0 Å². The molecule has 0 spiro atoms. The molecule has 0 saturated carbocycles. The molecule has 0 radical (unpaired) electrons. The van der Waals surface area contributed by atoms with Gasteiger partial charge in [-0.3, -0.25) is 4.99 Å². The molecule has 2 rings (SSSR count). The summed E-state index contributed by atoms with van der Waals surface area (Å²) in [5.41, 5.74) is 2.64. The van der Waals surface area contributed by atoms with Crippen molar-refractivity contribution in [3.8, 4) is 0 Å². The van der Waals surface area contributed by atoms with Gasteiger partial charge in [0.05, 0.1) is 13.2 Å². The molecule has 0 aromatic heterocycles. The van der Waals surface area contributed by atoms with Gasteiger partial charge in [-0.05, 0) is 30.5 Å². The van der Waals surface area contributed by atoms with Crippen LogP contribution >= 0.6 is 11.6 Å². The lowest BCUT2D eigenvalue weighted by Crippen LogP contribution is -2.37. The van der Waals surface area contributed by atoms with Crippen LogP contribution in [0.15, 0.2) is 40.9 Å². The van der Waals surface area contributed by atoms with Crippen LogP contribution in [0.3, 0.4) is 0 Å². The van der Waals surface area contributed by atoms with Gasteiger partial charge in [0.25, 0.3) is 0 Å². The average molecular weight is 308 g/mol. The van der Waals surface area contributed by atoms with Crippen molar-refractivity contribution >= 4 is 17.6 Å². The fraction of sp³-hybridized carbons (Fsp3) is 0.438. The molecule has 1 aromatic rings. The number of rotatable bonds is 5. The van der Waals surface area contributed by atoms with E-state index in [-0.39, 0.29) is 0 Å². The molecule has 21 heavy (non-hydrogen) atoms. The highest BCUT2D eigenvalue weighted by molar-refractivity contribution is 6.30. The van der Waals surface area contributed by atoms with Gasteiger partial charge in [0, 0.05) is 25.2 Å². The van der Waals surface area contributed by atoms with E-state index in [0.29, 0.717) is 0 Å². The number of ether oxygens (including phenoxy) is 1. The first kappa shape index (κ1) is 15.9. The number of hydrogen-bond acceptors (Lipinski definition) is 2. The SMILES string of the molecule is CN=C(NCCC1=CCOCC1)NCc1ccc(Cl)cc1.